The molecule has 2 aliphatic rings. The zero-order chi connectivity index (χ0) is 15.3. The van der Waals surface area contributed by atoms with E-state index < -0.39 is 0 Å². The first-order chi connectivity index (χ1) is 10.6. The second-order valence-electron chi connectivity index (χ2n) is 5.85. The van der Waals surface area contributed by atoms with Crippen molar-refractivity contribution in [3.8, 4) is 0 Å². The lowest BCUT2D eigenvalue weighted by Gasteiger charge is -2.38. The maximum Gasteiger partial charge on any atom is 0.128 e. The molecule has 0 radical (unpaired) electrons. The smallest absolute Gasteiger partial charge is 0.128 e. The molecule has 112 valence electrons. The van der Waals surface area contributed by atoms with Crippen LogP contribution in [0, 0.1) is 11.7 Å². The van der Waals surface area contributed by atoms with E-state index in [2.05, 4.69) is 17.5 Å². The van der Waals surface area contributed by atoms with Gasteiger partial charge in [-0.3, -0.25) is 0 Å². The fraction of sp³-hybridized carbons (Fsp3) is 0.222. The van der Waals surface area contributed by atoms with Crippen LogP contribution >= 0.6 is 23.2 Å². The number of anilines is 1. The Hall–Kier alpha value is -1.51. The van der Waals surface area contributed by atoms with Gasteiger partial charge in [-0.1, -0.05) is 53.6 Å². The fourth-order valence-corrected chi connectivity index (χ4v) is 4.30. The van der Waals surface area contributed by atoms with Gasteiger partial charge in [0.1, 0.15) is 5.82 Å². The molecule has 22 heavy (non-hydrogen) atoms. The molecule has 4 rings (SSSR count). The lowest BCUT2D eigenvalue weighted by atomic mass is 9.77. The van der Waals surface area contributed by atoms with Crippen LogP contribution in [0.2, 0.25) is 10.0 Å². The second kappa shape index (κ2) is 5.29. The van der Waals surface area contributed by atoms with Crippen LogP contribution in [0.1, 0.15) is 29.5 Å². The molecule has 0 saturated carbocycles. The minimum Gasteiger partial charge on any atom is -0.377 e. The average Bonchev–Trinajstić information content (AvgIpc) is 2.95. The minimum atomic E-state index is -0.178. The van der Waals surface area contributed by atoms with Gasteiger partial charge in [0.05, 0.1) is 6.04 Å². The molecular weight excluding hydrogens is 320 g/mol. The molecule has 3 atom stereocenters. The summed E-state index contributed by atoms with van der Waals surface area (Å²) in [6.07, 6.45) is 5.25. The van der Waals surface area contributed by atoms with Crippen molar-refractivity contribution < 1.29 is 4.39 Å². The maximum absolute atomic E-state index is 14.3. The van der Waals surface area contributed by atoms with E-state index in [-0.39, 0.29) is 23.7 Å². The zero-order valence-corrected chi connectivity index (χ0v) is 13.2. The normalized spacial score (nSPS) is 25.5. The van der Waals surface area contributed by atoms with Crippen molar-refractivity contribution in [2.45, 2.75) is 18.4 Å². The van der Waals surface area contributed by atoms with Gasteiger partial charge in [0.2, 0.25) is 0 Å². The number of allylic oxidation sites excluding steroid dienone is 2. The lowest BCUT2D eigenvalue weighted by Crippen LogP contribution is -2.30. The summed E-state index contributed by atoms with van der Waals surface area (Å²) in [6.45, 7) is 0. The third kappa shape index (κ3) is 2.13. The van der Waals surface area contributed by atoms with E-state index in [0.717, 1.165) is 17.7 Å². The SMILES string of the molecule is Fc1ccccc1[C@@H]1Nc2cc(Cl)cc(Cl)c2[C@H]2C=CC[C@@H]21. The predicted molar refractivity (Wildman–Crippen MR) is 89.2 cm³/mol. The molecule has 0 amide bonds. The van der Waals surface area contributed by atoms with Gasteiger partial charge in [0, 0.05) is 32.8 Å². The van der Waals surface area contributed by atoms with Crippen LogP contribution in [-0.2, 0) is 0 Å². The topological polar surface area (TPSA) is 12.0 Å². The van der Waals surface area contributed by atoms with Crippen LogP contribution in [0.4, 0.5) is 10.1 Å². The van der Waals surface area contributed by atoms with Crippen LogP contribution in [0.15, 0.2) is 48.6 Å². The van der Waals surface area contributed by atoms with Crippen LogP contribution < -0.4 is 5.32 Å². The van der Waals surface area contributed by atoms with Gasteiger partial charge >= 0.3 is 0 Å². The molecule has 1 aliphatic carbocycles. The monoisotopic (exact) mass is 333 g/mol. The molecule has 2 aromatic carbocycles. The maximum atomic E-state index is 14.3. The molecule has 1 heterocycles. The largest absolute Gasteiger partial charge is 0.377 e. The highest BCUT2D eigenvalue weighted by Gasteiger charge is 2.39. The summed E-state index contributed by atoms with van der Waals surface area (Å²) in [7, 11) is 0. The highest BCUT2D eigenvalue weighted by Crippen LogP contribution is 2.52. The van der Waals surface area contributed by atoms with E-state index in [4.69, 9.17) is 23.2 Å². The lowest BCUT2D eigenvalue weighted by molar-refractivity contribution is 0.413. The Balaban J connectivity index is 1.86. The summed E-state index contributed by atoms with van der Waals surface area (Å²) < 4.78 is 14.3. The third-order valence-corrected chi connectivity index (χ3v) is 5.15. The Morgan fingerprint density at radius 3 is 2.77 bits per heavy atom. The Bertz CT molecular complexity index is 772. The van der Waals surface area contributed by atoms with Gasteiger partial charge in [0.15, 0.2) is 0 Å². The summed E-state index contributed by atoms with van der Waals surface area (Å²) in [5.41, 5.74) is 2.67. The highest BCUT2D eigenvalue weighted by molar-refractivity contribution is 6.35. The molecule has 0 fully saturated rings. The van der Waals surface area contributed by atoms with Crippen molar-refractivity contribution in [2.24, 2.45) is 5.92 Å². The van der Waals surface area contributed by atoms with E-state index in [1.54, 1.807) is 12.1 Å². The van der Waals surface area contributed by atoms with Crippen LogP contribution in [-0.4, -0.2) is 0 Å². The number of benzene rings is 2. The van der Waals surface area contributed by atoms with Crippen molar-refractivity contribution in [2.75, 3.05) is 5.32 Å². The van der Waals surface area contributed by atoms with Crippen LogP contribution in [0.5, 0.6) is 0 Å². The van der Waals surface area contributed by atoms with Gasteiger partial charge in [-0.2, -0.15) is 0 Å². The number of rotatable bonds is 1. The molecule has 2 aromatic rings. The first-order valence-electron chi connectivity index (χ1n) is 7.31. The van der Waals surface area contributed by atoms with Crippen LogP contribution in [0.3, 0.4) is 0 Å². The molecule has 1 N–H and O–H groups in total. The van der Waals surface area contributed by atoms with E-state index in [9.17, 15) is 4.39 Å². The van der Waals surface area contributed by atoms with Crippen molar-refractivity contribution in [3.05, 3.63) is 75.5 Å². The molecule has 0 aromatic heterocycles. The summed E-state index contributed by atoms with van der Waals surface area (Å²) in [4.78, 5) is 0. The highest BCUT2D eigenvalue weighted by atomic mass is 35.5. The number of hydrogen-bond acceptors (Lipinski definition) is 1. The van der Waals surface area contributed by atoms with Crippen LogP contribution in [0.25, 0.3) is 0 Å². The summed E-state index contributed by atoms with van der Waals surface area (Å²) in [6, 6.07) is 10.5. The molecular formula is C18H14Cl2FN. The first kappa shape index (κ1) is 14.1. The van der Waals surface area contributed by atoms with Gasteiger partial charge in [-0.15, -0.1) is 0 Å². The number of fused-ring (bicyclic) bond motifs is 3. The molecule has 0 unspecified atom stereocenters. The van der Waals surface area contributed by atoms with E-state index in [0.29, 0.717) is 15.6 Å². The molecule has 0 spiro atoms. The summed E-state index contributed by atoms with van der Waals surface area (Å²) in [5.74, 6) is 0.288. The third-order valence-electron chi connectivity index (χ3n) is 4.62. The fourth-order valence-electron chi connectivity index (χ4n) is 3.68. The first-order valence-corrected chi connectivity index (χ1v) is 8.07. The standard InChI is InChI=1S/C18H14Cl2FN/c19-10-8-14(20)17-11-5-3-6-12(11)18(22-16(17)9-10)13-4-1-2-7-15(13)21/h1-5,7-9,11-12,18,22H,6H2/t11-,12-,18+/m0/s1. The van der Waals surface area contributed by atoms with Gasteiger partial charge in [0.25, 0.3) is 0 Å². The average molecular weight is 334 g/mol. The van der Waals surface area contributed by atoms with Gasteiger partial charge in [-0.05, 0) is 30.5 Å². The minimum absolute atomic E-state index is 0.0803. The summed E-state index contributed by atoms with van der Waals surface area (Å²) in [5, 5.41) is 4.72. The van der Waals surface area contributed by atoms with Crippen molar-refractivity contribution >= 4 is 28.9 Å². The van der Waals surface area contributed by atoms with Gasteiger partial charge < -0.3 is 5.32 Å². The zero-order valence-electron chi connectivity index (χ0n) is 11.7. The molecule has 0 saturated heterocycles. The van der Waals surface area contributed by atoms with E-state index in [1.807, 2.05) is 18.2 Å². The molecule has 1 aliphatic heterocycles. The summed E-state index contributed by atoms with van der Waals surface area (Å²) >= 11 is 12.5. The Kier molecular flexibility index (Phi) is 3.39. The van der Waals surface area contributed by atoms with Crippen molar-refractivity contribution in [1.82, 2.24) is 0 Å². The van der Waals surface area contributed by atoms with Crippen molar-refractivity contribution in [1.29, 1.82) is 0 Å². The number of halogens is 3. The number of nitrogens with one attached hydrogen (secondary N) is 1. The molecule has 4 heteroatoms. The van der Waals surface area contributed by atoms with E-state index in [1.165, 1.54) is 6.07 Å². The molecule has 1 nitrogen and oxygen atoms in total. The Labute approximate surface area is 138 Å². The Morgan fingerprint density at radius 1 is 1.14 bits per heavy atom. The second-order valence-corrected chi connectivity index (χ2v) is 6.69. The van der Waals surface area contributed by atoms with E-state index >= 15 is 0 Å². The van der Waals surface area contributed by atoms with Crippen molar-refractivity contribution in [3.63, 3.8) is 0 Å². The Morgan fingerprint density at radius 2 is 1.95 bits per heavy atom. The number of hydrogen-bond donors (Lipinski definition) is 1. The predicted octanol–water partition coefficient (Wildman–Crippen LogP) is 5.96. The molecule has 0 bridgehead atoms. The van der Waals surface area contributed by atoms with Gasteiger partial charge in [-0.25, -0.2) is 4.39 Å². The quantitative estimate of drug-likeness (QED) is 0.635.